The van der Waals surface area contributed by atoms with Crippen LogP contribution in [0.1, 0.15) is 47.5 Å². The van der Waals surface area contributed by atoms with E-state index in [0.29, 0.717) is 0 Å². The highest BCUT2D eigenvalue weighted by molar-refractivity contribution is 5.73. The van der Waals surface area contributed by atoms with E-state index in [4.69, 9.17) is 0 Å². The fraction of sp³-hybridized carbons (Fsp3) is 0.929. The minimum atomic E-state index is 0.240. The van der Waals surface area contributed by atoms with Gasteiger partial charge in [-0.2, -0.15) is 0 Å². The number of carbonyl (C=O) groups excluding carboxylic acids is 1. The Bertz CT molecular complexity index is 219. The summed E-state index contributed by atoms with van der Waals surface area (Å²) in [5.41, 5.74) is 0. The van der Waals surface area contributed by atoms with E-state index in [-0.39, 0.29) is 5.91 Å². The van der Waals surface area contributed by atoms with Crippen LogP contribution in [0.2, 0.25) is 0 Å². The Labute approximate surface area is 100 Å². The van der Waals surface area contributed by atoms with Crippen LogP contribution in [0.4, 0.5) is 0 Å². The molecule has 2 nitrogen and oxygen atoms in total. The molecule has 2 heteroatoms. The van der Waals surface area contributed by atoms with Crippen LogP contribution in [-0.4, -0.2) is 23.9 Å². The van der Waals surface area contributed by atoms with Crippen LogP contribution < -0.4 is 0 Å². The summed E-state index contributed by atoms with van der Waals surface area (Å²) in [6.07, 6.45) is 2.39. The zero-order valence-corrected chi connectivity index (χ0v) is 11.5. The molecule has 1 heterocycles. The maximum absolute atomic E-state index is 11.3. The van der Waals surface area contributed by atoms with Gasteiger partial charge in [0.25, 0.3) is 0 Å². The highest BCUT2D eigenvalue weighted by Crippen LogP contribution is 2.35. The molecular weight excluding hydrogens is 198 g/mol. The lowest BCUT2D eigenvalue weighted by molar-refractivity contribution is -0.130. The van der Waals surface area contributed by atoms with Crippen LogP contribution >= 0.6 is 0 Å². The molecule has 1 aliphatic rings. The van der Waals surface area contributed by atoms with Crippen LogP contribution in [-0.2, 0) is 4.79 Å². The van der Waals surface area contributed by atoms with Crippen molar-refractivity contribution in [2.24, 2.45) is 23.7 Å². The summed E-state index contributed by atoms with van der Waals surface area (Å²) in [6, 6.07) is 0. The van der Waals surface area contributed by atoms with Gasteiger partial charge in [0.2, 0.25) is 5.91 Å². The van der Waals surface area contributed by atoms with Crippen molar-refractivity contribution in [3.05, 3.63) is 0 Å². The Morgan fingerprint density at radius 2 is 1.50 bits per heavy atom. The van der Waals surface area contributed by atoms with Gasteiger partial charge in [-0.15, -0.1) is 0 Å². The molecule has 16 heavy (non-hydrogen) atoms. The molecule has 0 radical (unpaired) electrons. The maximum atomic E-state index is 11.3. The van der Waals surface area contributed by atoms with Gasteiger partial charge in [0.05, 0.1) is 0 Å². The summed E-state index contributed by atoms with van der Waals surface area (Å²) in [5.74, 6) is 3.39. The first-order chi connectivity index (χ1) is 7.43. The summed E-state index contributed by atoms with van der Waals surface area (Å²) in [5, 5.41) is 0. The Balaban J connectivity index is 2.54. The molecule has 0 spiro atoms. The summed E-state index contributed by atoms with van der Waals surface area (Å²) in [7, 11) is 0. The van der Waals surface area contributed by atoms with Crippen LogP contribution in [0, 0.1) is 23.7 Å². The Hall–Kier alpha value is -0.530. The summed E-state index contributed by atoms with van der Waals surface area (Å²) >= 11 is 0. The highest BCUT2D eigenvalue weighted by Gasteiger charge is 2.30. The molecule has 94 valence electrons. The molecule has 0 aliphatic carbocycles. The van der Waals surface area contributed by atoms with Gasteiger partial charge in [0.1, 0.15) is 0 Å². The van der Waals surface area contributed by atoms with Crippen molar-refractivity contribution in [2.45, 2.75) is 47.5 Å². The van der Waals surface area contributed by atoms with Crippen molar-refractivity contribution in [3.8, 4) is 0 Å². The minimum absolute atomic E-state index is 0.240. The van der Waals surface area contributed by atoms with Gasteiger partial charge < -0.3 is 4.90 Å². The number of hydrogen-bond donors (Lipinski definition) is 0. The third-order valence-corrected chi connectivity index (χ3v) is 4.07. The molecule has 0 aromatic rings. The fourth-order valence-electron chi connectivity index (χ4n) is 3.46. The van der Waals surface area contributed by atoms with Gasteiger partial charge in [0, 0.05) is 20.0 Å². The van der Waals surface area contributed by atoms with Crippen LogP contribution in [0.5, 0.6) is 0 Å². The second-order valence-corrected chi connectivity index (χ2v) is 5.91. The van der Waals surface area contributed by atoms with E-state index >= 15 is 0 Å². The number of amides is 1. The second-order valence-electron chi connectivity index (χ2n) is 5.91. The molecule has 0 N–H and O–H groups in total. The predicted molar refractivity (Wildman–Crippen MR) is 68.1 cm³/mol. The summed E-state index contributed by atoms with van der Waals surface area (Å²) in [6.45, 7) is 13.0. The zero-order chi connectivity index (χ0) is 12.3. The molecule has 1 fully saturated rings. The lowest BCUT2D eigenvalue weighted by Gasteiger charge is -2.39. The second kappa shape index (κ2) is 5.70. The third-order valence-electron chi connectivity index (χ3n) is 4.07. The van der Waals surface area contributed by atoms with E-state index in [1.54, 1.807) is 6.92 Å². The standard InChI is InChI=1S/C14H27NO/c1-10(2)14(11(3)4)13-6-8-15(9-7-13)12(5)16/h10-11,13-14H,6-9H2,1-5H3. The summed E-state index contributed by atoms with van der Waals surface area (Å²) in [4.78, 5) is 13.3. The van der Waals surface area contributed by atoms with Gasteiger partial charge in [-0.1, -0.05) is 27.7 Å². The quantitative estimate of drug-likeness (QED) is 0.722. The number of hydrogen-bond acceptors (Lipinski definition) is 1. The van der Waals surface area contributed by atoms with Gasteiger partial charge in [0.15, 0.2) is 0 Å². The molecule has 0 unspecified atom stereocenters. The van der Waals surface area contributed by atoms with Crippen LogP contribution in [0.3, 0.4) is 0 Å². The highest BCUT2D eigenvalue weighted by atomic mass is 16.2. The molecular formula is C14H27NO. The molecule has 0 atom stereocenters. The lowest BCUT2D eigenvalue weighted by Crippen LogP contribution is -2.40. The van der Waals surface area contributed by atoms with E-state index in [1.807, 2.05) is 4.90 Å². The zero-order valence-electron chi connectivity index (χ0n) is 11.5. The SMILES string of the molecule is CC(=O)N1CCC(C(C(C)C)C(C)C)CC1. The Morgan fingerprint density at radius 1 is 1.06 bits per heavy atom. The average molecular weight is 225 g/mol. The molecule has 1 aliphatic heterocycles. The average Bonchev–Trinajstić information content (AvgIpc) is 2.17. The molecule has 0 saturated carbocycles. The Kier molecular flexibility index (Phi) is 4.82. The number of rotatable bonds is 3. The number of piperidine rings is 1. The third kappa shape index (κ3) is 3.23. The van der Waals surface area contributed by atoms with E-state index in [2.05, 4.69) is 27.7 Å². The Morgan fingerprint density at radius 3 is 1.81 bits per heavy atom. The van der Waals surface area contributed by atoms with Gasteiger partial charge in [-0.25, -0.2) is 0 Å². The van der Waals surface area contributed by atoms with Crippen molar-refractivity contribution in [1.82, 2.24) is 4.90 Å². The van der Waals surface area contributed by atoms with E-state index in [9.17, 15) is 4.79 Å². The first-order valence-corrected chi connectivity index (χ1v) is 6.69. The van der Waals surface area contributed by atoms with Crippen molar-refractivity contribution < 1.29 is 4.79 Å². The van der Waals surface area contributed by atoms with Crippen molar-refractivity contribution >= 4 is 5.91 Å². The molecule has 1 amide bonds. The van der Waals surface area contributed by atoms with E-state index in [1.165, 1.54) is 12.8 Å². The summed E-state index contributed by atoms with van der Waals surface area (Å²) < 4.78 is 0. The first-order valence-electron chi connectivity index (χ1n) is 6.69. The van der Waals surface area contributed by atoms with Crippen molar-refractivity contribution in [3.63, 3.8) is 0 Å². The lowest BCUT2D eigenvalue weighted by atomic mass is 9.72. The predicted octanol–water partition coefficient (Wildman–Crippen LogP) is 3.17. The van der Waals surface area contributed by atoms with Crippen LogP contribution in [0.25, 0.3) is 0 Å². The van der Waals surface area contributed by atoms with Crippen molar-refractivity contribution in [2.75, 3.05) is 13.1 Å². The normalized spacial score (nSPS) is 18.9. The number of carbonyl (C=O) groups is 1. The number of likely N-dealkylation sites (tertiary alicyclic amines) is 1. The van der Waals surface area contributed by atoms with Crippen molar-refractivity contribution in [1.29, 1.82) is 0 Å². The smallest absolute Gasteiger partial charge is 0.219 e. The molecule has 1 rings (SSSR count). The van der Waals surface area contributed by atoms with E-state index in [0.717, 1.165) is 36.8 Å². The van der Waals surface area contributed by atoms with Gasteiger partial charge in [-0.05, 0) is 36.5 Å². The fourth-order valence-corrected chi connectivity index (χ4v) is 3.46. The minimum Gasteiger partial charge on any atom is -0.343 e. The monoisotopic (exact) mass is 225 g/mol. The van der Waals surface area contributed by atoms with Crippen LogP contribution in [0.15, 0.2) is 0 Å². The largest absolute Gasteiger partial charge is 0.343 e. The first kappa shape index (κ1) is 13.5. The molecule has 0 aromatic carbocycles. The van der Waals surface area contributed by atoms with E-state index < -0.39 is 0 Å². The molecule has 0 bridgehead atoms. The number of nitrogens with zero attached hydrogens (tertiary/aromatic N) is 1. The maximum Gasteiger partial charge on any atom is 0.219 e. The van der Waals surface area contributed by atoms with Gasteiger partial charge >= 0.3 is 0 Å². The molecule has 1 saturated heterocycles. The topological polar surface area (TPSA) is 20.3 Å². The van der Waals surface area contributed by atoms with Gasteiger partial charge in [-0.3, -0.25) is 4.79 Å². The molecule has 0 aromatic heterocycles.